The van der Waals surface area contributed by atoms with Gasteiger partial charge in [0.2, 0.25) is 5.91 Å². The molecule has 2 aromatic rings. The van der Waals surface area contributed by atoms with Crippen LogP contribution < -0.4 is 15.6 Å². The average molecular weight is 386 g/mol. The van der Waals surface area contributed by atoms with Crippen LogP contribution in [0.2, 0.25) is 0 Å². The molecule has 142 valence electrons. The number of aromatic amines is 1. The summed E-state index contributed by atoms with van der Waals surface area (Å²) in [6.45, 7) is 5.99. The van der Waals surface area contributed by atoms with Gasteiger partial charge in [0, 0.05) is 11.6 Å². The predicted molar refractivity (Wildman–Crippen MR) is 105 cm³/mol. The van der Waals surface area contributed by atoms with Crippen LogP contribution in [0.25, 0.3) is 11.3 Å². The van der Waals surface area contributed by atoms with Gasteiger partial charge in [-0.15, -0.1) is 0 Å². The number of aromatic nitrogens is 2. The topological polar surface area (TPSA) is 108 Å². The van der Waals surface area contributed by atoms with Crippen LogP contribution in [0.4, 0.5) is 0 Å². The van der Waals surface area contributed by atoms with E-state index in [4.69, 9.17) is 4.74 Å². The molecule has 2 rings (SSSR count). The molecule has 1 atom stereocenters. The summed E-state index contributed by atoms with van der Waals surface area (Å²) < 4.78 is 5.12. The molecular weight excluding hydrogens is 364 g/mol. The van der Waals surface area contributed by atoms with Gasteiger partial charge in [-0.2, -0.15) is 5.26 Å². The van der Waals surface area contributed by atoms with Crippen LogP contribution >= 0.6 is 11.8 Å². The SMILES string of the molecule is COc1ccc(-c2nc(SCC(=O)N[C@H](C)C(C)C)[nH]c(=O)c2C#N)cc1. The number of hydrogen-bond acceptors (Lipinski definition) is 6. The van der Waals surface area contributed by atoms with Crippen molar-refractivity contribution in [1.82, 2.24) is 15.3 Å². The van der Waals surface area contributed by atoms with E-state index in [0.717, 1.165) is 11.8 Å². The van der Waals surface area contributed by atoms with Gasteiger partial charge in [-0.05, 0) is 37.1 Å². The maximum Gasteiger partial charge on any atom is 0.270 e. The van der Waals surface area contributed by atoms with Crippen LogP contribution in [0.3, 0.4) is 0 Å². The number of nitriles is 1. The summed E-state index contributed by atoms with van der Waals surface area (Å²) in [5.41, 5.74) is 0.305. The number of nitrogens with one attached hydrogen (secondary N) is 2. The molecule has 2 N–H and O–H groups in total. The first-order valence-electron chi connectivity index (χ1n) is 8.46. The summed E-state index contributed by atoms with van der Waals surface area (Å²) >= 11 is 1.12. The van der Waals surface area contributed by atoms with Crippen LogP contribution in [0.5, 0.6) is 5.75 Å². The van der Waals surface area contributed by atoms with Crippen molar-refractivity contribution in [2.45, 2.75) is 32.0 Å². The first-order chi connectivity index (χ1) is 12.8. The Bertz CT molecular complexity index is 901. The number of hydrogen-bond donors (Lipinski definition) is 2. The Morgan fingerprint density at radius 1 is 1.33 bits per heavy atom. The van der Waals surface area contributed by atoms with Crippen molar-refractivity contribution < 1.29 is 9.53 Å². The molecule has 0 saturated heterocycles. The van der Waals surface area contributed by atoms with Crippen LogP contribution in [0, 0.1) is 17.2 Å². The second-order valence-corrected chi connectivity index (χ2v) is 7.29. The number of carbonyl (C=O) groups excluding carboxylic acids is 1. The highest BCUT2D eigenvalue weighted by Gasteiger charge is 2.16. The number of amides is 1. The minimum atomic E-state index is -0.531. The zero-order valence-electron chi connectivity index (χ0n) is 15.7. The monoisotopic (exact) mass is 386 g/mol. The van der Waals surface area contributed by atoms with Crippen LogP contribution in [0.15, 0.2) is 34.2 Å². The van der Waals surface area contributed by atoms with Gasteiger partial charge in [0.1, 0.15) is 17.4 Å². The molecule has 8 heteroatoms. The highest BCUT2D eigenvalue weighted by molar-refractivity contribution is 7.99. The van der Waals surface area contributed by atoms with Gasteiger partial charge < -0.3 is 15.0 Å². The van der Waals surface area contributed by atoms with Gasteiger partial charge in [-0.25, -0.2) is 4.98 Å². The van der Waals surface area contributed by atoms with E-state index in [-0.39, 0.29) is 34.1 Å². The molecule has 1 aromatic heterocycles. The smallest absolute Gasteiger partial charge is 0.270 e. The molecule has 0 spiro atoms. The molecule has 7 nitrogen and oxygen atoms in total. The highest BCUT2D eigenvalue weighted by atomic mass is 32.2. The number of ether oxygens (including phenoxy) is 1. The lowest BCUT2D eigenvalue weighted by molar-refractivity contribution is -0.119. The summed E-state index contributed by atoms with van der Waals surface area (Å²) in [5, 5.41) is 12.5. The molecular formula is C19H22N4O3S. The maximum atomic E-state index is 12.2. The molecule has 0 unspecified atom stereocenters. The molecule has 1 amide bonds. The van der Waals surface area contributed by atoms with Gasteiger partial charge in [0.05, 0.1) is 18.6 Å². The lowest BCUT2D eigenvalue weighted by Gasteiger charge is -2.17. The zero-order chi connectivity index (χ0) is 20.0. The highest BCUT2D eigenvalue weighted by Crippen LogP contribution is 2.24. The van der Waals surface area contributed by atoms with Crippen molar-refractivity contribution in [2.75, 3.05) is 12.9 Å². The van der Waals surface area contributed by atoms with Gasteiger partial charge in [0.25, 0.3) is 5.56 Å². The van der Waals surface area contributed by atoms with Crippen LogP contribution in [-0.2, 0) is 4.79 Å². The van der Waals surface area contributed by atoms with Crippen LogP contribution in [-0.4, -0.2) is 34.8 Å². The second-order valence-electron chi connectivity index (χ2n) is 6.32. The van der Waals surface area contributed by atoms with Crippen molar-refractivity contribution >= 4 is 17.7 Å². The van der Waals surface area contributed by atoms with E-state index in [1.807, 2.05) is 26.8 Å². The fraction of sp³-hybridized carbons (Fsp3) is 0.368. The Morgan fingerprint density at radius 3 is 2.56 bits per heavy atom. The molecule has 0 bridgehead atoms. The number of rotatable bonds is 7. The van der Waals surface area contributed by atoms with E-state index < -0.39 is 5.56 Å². The molecule has 0 saturated carbocycles. The van der Waals surface area contributed by atoms with Gasteiger partial charge in [-0.3, -0.25) is 9.59 Å². The summed E-state index contributed by atoms with van der Waals surface area (Å²) in [4.78, 5) is 31.2. The van der Waals surface area contributed by atoms with Crippen molar-refractivity contribution in [3.63, 3.8) is 0 Å². The average Bonchev–Trinajstić information content (AvgIpc) is 2.65. The van der Waals surface area contributed by atoms with E-state index in [1.54, 1.807) is 31.4 Å². The van der Waals surface area contributed by atoms with Gasteiger partial charge >= 0.3 is 0 Å². The molecule has 0 aliphatic heterocycles. The number of carbonyl (C=O) groups is 1. The third-order valence-electron chi connectivity index (χ3n) is 4.10. The van der Waals surface area contributed by atoms with E-state index in [0.29, 0.717) is 17.2 Å². The zero-order valence-corrected chi connectivity index (χ0v) is 16.5. The number of nitrogens with zero attached hydrogens (tertiary/aromatic N) is 2. The summed E-state index contributed by atoms with van der Waals surface area (Å²) in [6.07, 6.45) is 0. The first kappa shape index (κ1) is 20.5. The Morgan fingerprint density at radius 2 is 2.00 bits per heavy atom. The fourth-order valence-corrected chi connectivity index (χ4v) is 2.85. The lowest BCUT2D eigenvalue weighted by atomic mass is 10.1. The summed E-state index contributed by atoms with van der Waals surface area (Å²) in [7, 11) is 1.56. The summed E-state index contributed by atoms with van der Waals surface area (Å²) in [5.74, 6) is 0.967. The first-order valence-corrected chi connectivity index (χ1v) is 9.45. The third-order valence-corrected chi connectivity index (χ3v) is 4.97. The largest absolute Gasteiger partial charge is 0.497 e. The quantitative estimate of drug-likeness (QED) is 0.559. The molecule has 0 fully saturated rings. The normalized spacial score (nSPS) is 11.7. The lowest BCUT2D eigenvalue weighted by Crippen LogP contribution is -2.37. The van der Waals surface area contributed by atoms with E-state index >= 15 is 0 Å². The molecule has 0 radical (unpaired) electrons. The van der Waals surface area contributed by atoms with E-state index in [1.165, 1.54) is 0 Å². The van der Waals surface area contributed by atoms with E-state index in [9.17, 15) is 14.9 Å². The third kappa shape index (κ3) is 5.34. The number of methoxy groups -OCH3 is 1. The molecule has 1 heterocycles. The number of thioether (sulfide) groups is 1. The Balaban J connectivity index is 2.24. The standard InChI is InChI=1S/C19H22N4O3S/c1-11(2)12(3)21-16(24)10-27-19-22-17(15(9-20)18(25)23-19)13-5-7-14(26-4)8-6-13/h5-8,11-12H,10H2,1-4H3,(H,21,24)(H,22,23,25)/t12-/m1/s1. The van der Waals surface area contributed by atoms with Gasteiger partial charge in [-0.1, -0.05) is 25.6 Å². The Kier molecular flexibility index (Phi) is 7.02. The van der Waals surface area contributed by atoms with Crippen molar-refractivity contribution in [2.24, 2.45) is 5.92 Å². The maximum absolute atomic E-state index is 12.2. The molecule has 1 aromatic carbocycles. The van der Waals surface area contributed by atoms with Crippen molar-refractivity contribution in [3.05, 3.63) is 40.2 Å². The molecule has 0 aliphatic rings. The van der Waals surface area contributed by atoms with E-state index in [2.05, 4.69) is 15.3 Å². The minimum absolute atomic E-state index is 0.0564. The summed E-state index contributed by atoms with van der Waals surface area (Å²) in [6, 6.07) is 8.87. The number of benzene rings is 1. The molecule has 0 aliphatic carbocycles. The second kappa shape index (κ2) is 9.24. The Labute approximate surface area is 162 Å². The van der Waals surface area contributed by atoms with Crippen LogP contribution in [0.1, 0.15) is 26.3 Å². The fourth-order valence-electron chi connectivity index (χ4n) is 2.18. The van der Waals surface area contributed by atoms with Crippen molar-refractivity contribution in [1.29, 1.82) is 5.26 Å². The van der Waals surface area contributed by atoms with Gasteiger partial charge in [0.15, 0.2) is 5.16 Å². The Hall–Kier alpha value is -2.79. The minimum Gasteiger partial charge on any atom is -0.497 e. The number of H-pyrrole nitrogens is 1. The predicted octanol–water partition coefficient (Wildman–Crippen LogP) is 2.57. The molecule has 27 heavy (non-hydrogen) atoms. The van der Waals surface area contributed by atoms with Crippen molar-refractivity contribution in [3.8, 4) is 23.1 Å².